The summed E-state index contributed by atoms with van der Waals surface area (Å²) in [7, 11) is 3.15. The summed E-state index contributed by atoms with van der Waals surface area (Å²) < 4.78 is 10.3. The first-order chi connectivity index (χ1) is 15.6. The van der Waals surface area contributed by atoms with Gasteiger partial charge >= 0.3 is 0 Å². The number of ketones is 1. The Bertz CT molecular complexity index is 1180. The zero-order valence-corrected chi connectivity index (χ0v) is 18.1. The van der Waals surface area contributed by atoms with Crippen LogP contribution in [0.1, 0.15) is 23.6 Å². The Balaban J connectivity index is 1.89. The van der Waals surface area contributed by atoms with E-state index in [4.69, 9.17) is 9.47 Å². The fourth-order valence-corrected chi connectivity index (χ4v) is 4.21. The van der Waals surface area contributed by atoms with Crippen molar-refractivity contribution >= 4 is 28.2 Å². The summed E-state index contributed by atoms with van der Waals surface area (Å²) in [5.74, 6) is -0.867. The van der Waals surface area contributed by atoms with E-state index in [0.717, 1.165) is 16.3 Å². The number of carbonyl (C=O) groups is 2. The van der Waals surface area contributed by atoms with E-state index in [9.17, 15) is 14.7 Å². The lowest BCUT2D eigenvalue weighted by Gasteiger charge is -2.26. The number of carbonyl (C=O) groups excluding carboxylic acids is 2. The predicted octanol–water partition coefficient (Wildman–Crippen LogP) is 4.31. The number of rotatable bonds is 7. The van der Waals surface area contributed by atoms with Gasteiger partial charge in [0.1, 0.15) is 11.5 Å². The number of hydrogen-bond acceptors (Lipinski definition) is 5. The number of aliphatic hydroxyl groups is 1. The van der Waals surface area contributed by atoms with Crippen LogP contribution in [0.3, 0.4) is 0 Å². The number of hydrogen-bond donors (Lipinski definition) is 1. The molecular formula is C26H25NO5. The molecule has 1 aliphatic heterocycles. The Morgan fingerprint density at radius 2 is 1.69 bits per heavy atom. The van der Waals surface area contributed by atoms with Crippen LogP contribution in [0.4, 0.5) is 0 Å². The molecule has 3 aromatic rings. The molecule has 1 atom stereocenters. The predicted molar refractivity (Wildman–Crippen MR) is 122 cm³/mol. The van der Waals surface area contributed by atoms with Crippen molar-refractivity contribution in [1.29, 1.82) is 0 Å². The Hall–Kier alpha value is -3.64. The van der Waals surface area contributed by atoms with E-state index in [1.54, 1.807) is 38.5 Å². The maximum atomic E-state index is 13.1. The van der Waals surface area contributed by atoms with Gasteiger partial charge in [-0.1, -0.05) is 42.5 Å². The van der Waals surface area contributed by atoms with Crippen LogP contribution in [-0.4, -0.2) is 49.1 Å². The van der Waals surface area contributed by atoms with E-state index in [0.29, 0.717) is 30.9 Å². The van der Waals surface area contributed by atoms with Crippen LogP contribution in [0.15, 0.2) is 72.3 Å². The summed E-state index contributed by atoms with van der Waals surface area (Å²) in [5.41, 5.74) is 1.34. The molecule has 3 aromatic carbocycles. The second kappa shape index (κ2) is 9.24. The van der Waals surface area contributed by atoms with Crippen LogP contribution in [0.2, 0.25) is 0 Å². The minimum atomic E-state index is -0.694. The number of amides is 1. The molecule has 164 valence electrons. The molecule has 0 unspecified atom stereocenters. The third kappa shape index (κ3) is 3.85. The second-order valence-electron chi connectivity index (χ2n) is 7.64. The molecule has 0 aliphatic carbocycles. The molecule has 0 saturated carbocycles. The van der Waals surface area contributed by atoms with E-state index in [2.05, 4.69) is 0 Å². The van der Waals surface area contributed by atoms with E-state index < -0.39 is 17.7 Å². The van der Waals surface area contributed by atoms with Gasteiger partial charge in [0.15, 0.2) is 0 Å². The second-order valence-corrected chi connectivity index (χ2v) is 7.64. The standard InChI is InChI=1S/C26H25NO5/c1-31-16-6-15-27-23(21-10-5-8-17-7-3-4-9-20(17)21)22(25(29)26(27)30)24(28)18-11-13-19(32-2)14-12-18/h3-5,7-14,23,28H,6,15-16H2,1-2H3/b24-22+/t23-/m1/s1. The molecule has 1 fully saturated rings. The summed E-state index contributed by atoms with van der Waals surface area (Å²) >= 11 is 0. The summed E-state index contributed by atoms with van der Waals surface area (Å²) in [5, 5.41) is 13.1. The molecule has 1 amide bonds. The van der Waals surface area contributed by atoms with E-state index in [1.807, 2.05) is 42.5 Å². The first-order valence-corrected chi connectivity index (χ1v) is 10.5. The van der Waals surface area contributed by atoms with Gasteiger partial charge in [0.2, 0.25) is 0 Å². The number of methoxy groups -OCH3 is 2. The maximum absolute atomic E-state index is 13.1. The molecule has 6 heteroatoms. The lowest BCUT2D eigenvalue weighted by atomic mass is 9.91. The van der Waals surface area contributed by atoms with Gasteiger partial charge in [-0.15, -0.1) is 0 Å². The highest BCUT2D eigenvalue weighted by Crippen LogP contribution is 2.42. The van der Waals surface area contributed by atoms with Gasteiger partial charge in [-0.3, -0.25) is 9.59 Å². The number of likely N-dealkylation sites (tertiary alicyclic amines) is 1. The average Bonchev–Trinajstić information content (AvgIpc) is 3.08. The molecule has 1 N–H and O–H groups in total. The SMILES string of the molecule is COCCCN1C(=O)C(=O)/C(=C(/O)c2ccc(OC)cc2)[C@H]1c1cccc2ccccc12. The number of nitrogens with zero attached hydrogens (tertiary/aromatic N) is 1. The summed E-state index contributed by atoms with van der Waals surface area (Å²) in [6.45, 7) is 0.801. The van der Waals surface area contributed by atoms with Gasteiger partial charge < -0.3 is 19.5 Å². The minimum absolute atomic E-state index is 0.0916. The van der Waals surface area contributed by atoms with Crippen LogP contribution in [0.25, 0.3) is 16.5 Å². The van der Waals surface area contributed by atoms with Crippen molar-refractivity contribution < 1.29 is 24.2 Å². The van der Waals surface area contributed by atoms with Gasteiger partial charge in [-0.05, 0) is 47.0 Å². The topological polar surface area (TPSA) is 76.1 Å². The number of fused-ring (bicyclic) bond motifs is 1. The molecular weight excluding hydrogens is 406 g/mol. The van der Waals surface area contributed by atoms with Crippen LogP contribution in [0, 0.1) is 0 Å². The Morgan fingerprint density at radius 1 is 0.969 bits per heavy atom. The minimum Gasteiger partial charge on any atom is -0.507 e. The summed E-state index contributed by atoms with van der Waals surface area (Å²) in [4.78, 5) is 27.7. The van der Waals surface area contributed by atoms with Crippen molar-refractivity contribution in [2.24, 2.45) is 0 Å². The molecule has 0 aromatic heterocycles. The maximum Gasteiger partial charge on any atom is 0.295 e. The molecule has 1 heterocycles. The molecule has 0 spiro atoms. The molecule has 0 radical (unpaired) electrons. The zero-order valence-electron chi connectivity index (χ0n) is 18.1. The fourth-order valence-electron chi connectivity index (χ4n) is 4.21. The lowest BCUT2D eigenvalue weighted by molar-refractivity contribution is -0.140. The summed E-state index contributed by atoms with van der Waals surface area (Å²) in [6, 6.07) is 19.7. The van der Waals surface area contributed by atoms with Crippen molar-refractivity contribution in [2.45, 2.75) is 12.5 Å². The number of aliphatic hydroxyl groups excluding tert-OH is 1. The highest BCUT2D eigenvalue weighted by molar-refractivity contribution is 6.46. The highest BCUT2D eigenvalue weighted by atomic mass is 16.5. The van der Waals surface area contributed by atoms with E-state index in [-0.39, 0.29) is 11.3 Å². The fraction of sp³-hybridized carbons (Fsp3) is 0.231. The number of Topliss-reactive ketones (excluding diaryl/α,β-unsaturated/α-hetero) is 1. The normalized spacial score (nSPS) is 17.8. The zero-order chi connectivity index (χ0) is 22.7. The van der Waals surface area contributed by atoms with E-state index in [1.165, 1.54) is 4.90 Å². The van der Waals surface area contributed by atoms with Crippen LogP contribution >= 0.6 is 0 Å². The number of benzene rings is 3. The average molecular weight is 431 g/mol. The quantitative estimate of drug-likeness (QED) is 0.261. The number of ether oxygens (including phenoxy) is 2. The first kappa shape index (κ1) is 21.6. The molecule has 6 nitrogen and oxygen atoms in total. The van der Waals surface area contributed by atoms with Crippen LogP contribution in [-0.2, 0) is 14.3 Å². The van der Waals surface area contributed by atoms with Crippen molar-refractivity contribution in [2.75, 3.05) is 27.4 Å². The highest BCUT2D eigenvalue weighted by Gasteiger charge is 2.46. The molecule has 4 rings (SSSR count). The Morgan fingerprint density at radius 3 is 2.41 bits per heavy atom. The van der Waals surface area contributed by atoms with Crippen LogP contribution in [0.5, 0.6) is 5.75 Å². The smallest absolute Gasteiger partial charge is 0.295 e. The molecule has 32 heavy (non-hydrogen) atoms. The van der Waals surface area contributed by atoms with Gasteiger partial charge in [-0.25, -0.2) is 0 Å². The third-order valence-electron chi connectivity index (χ3n) is 5.77. The Labute approximate surface area is 186 Å². The lowest BCUT2D eigenvalue weighted by Crippen LogP contribution is -2.31. The third-order valence-corrected chi connectivity index (χ3v) is 5.77. The first-order valence-electron chi connectivity index (χ1n) is 10.5. The van der Waals surface area contributed by atoms with Gasteiger partial charge in [0.25, 0.3) is 11.7 Å². The van der Waals surface area contributed by atoms with Crippen molar-refractivity contribution in [3.63, 3.8) is 0 Å². The largest absolute Gasteiger partial charge is 0.507 e. The molecule has 1 saturated heterocycles. The Kier molecular flexibility index (Phi) is 6.23. The molecule has 1 aliphatic rings. The summed E-state index contributed by atoms with van der Waals surface area (Å²) in [6.07, 6.45) is 0.577. The van der Waals surface area contributed by atoms with Crippen molar-refractivity contribution in [1.82, 2.24) is 4.90 Å². The van der Waals surface area contributed by atoms with Crippen molar-refractivity contribution in [3.8, 4) is 5.75 Å². The monoisotopic (exact) mass is 431 g/mol. The molecule has 0 bridgehead atoms. The van der Waals surface area contributed by atoms with Gasteiger partial charge in [0.05, 0.1) is 18.7 Å². The van der Waals surface area contributed by atoms with Crippen LogP contribution < -0.4 is 4.74 Å². The van der Waals surface area contributed by atoms with E-state index >= 15 is 0 Å². The van der Waals surface area contributed by atoms with Crippen molar-refractivity contribution in [3.05, 3.63) is 83.4 Å². The van der Waals surface area contributed by atoms with Gasteiger partial charge in [-0.2, -0.15) is 0 Å². The van der Waals surface area contributed by atoms with Gasteiger partial charge in [0, 0.05) is 25.8 Å².